The fourth-order valence-corrected chi connectivity index (χ4v) is 3.94. The predicted octanol–water partition coefficient (Wildman–Crippen LogP) is -0.340. The van der Waals surface area contributed by atoms with Crippen molar-refractivity contribution in [1.29, 1.82) is 0 Å². The number of hydrogen-bond donors (Lipinski definition) is 4. The van der Waals surface area contributed by atoms with Gasteiger partial charge in [0.2, 0.25) is 0 Å². The molecule has 3 heterocycles. The molecular formula is C14H19N5O2. The van der Waals surface area contributed by atoms with E-state index in [0.29, 0.717) is 11.5 Å². The normalized spacial score (nSPS) is 36.0. The van der Waals surface area contributed by atoms with Gasteiger partial charge in [-0.25, -0.2) is 9.97 Å². The lowest BCUT2D eigenvalue weighted by Crippen LogP contribution is -2.38. The summed E-state index contributed by atoms with van der Waals surface area (Å²) in [6, 6.07) is 1.67. The maximum absolute atomic E-state index is 10.5. The topological polar surface area (TPSA) is 109 Å². The van der Waals surface area contributed by atoms with Crippen molar-refractivity contribution in [2.75, 3.05) is 18.8 Å². The van der Waals surface area contributed by atoms with E-state index in [1.807, 2.05) is 16.8 Å². The summed E-state index contributed by atoms with van der Waals surface area (Å²) < 4.78 is 1.92. The molecule has 1 saturated carbocycles. The van der Waals surface area contributed by atoms with Crippen molar-refractivity contribution in [3.05, 3.63) is 18.6 Å². The summed E-state index contributed by atoms with van der Waals surface area (Å²) in [5.74, 6) is 0.434. The molecule has 1 saturated heterocycles. The number of anilines is 1. The molecule has 4 rings (SSSR count). The molecule has 21 heavy (non-hydrogen) atoms. The standard InChI is InChI=1S/C14H19N5O2/c15-12-8-1-4-19(13(8)18-7-17-12)9-5-14(2-3-16-6-14)11(21)10(9)20/h1,4,7,9-11,16,20-21H,2-3,5-6H2,(H2,15,17,18)/t9-,10+,11+,14+/m1/s1. The Kier molecular flexibility index (Phi) is 2.72. The monoisotopic (exact) mass is 289 g/mol. The molecule has 7 heteroatoms. The molecule has 0 bridgehead atoms. The highest BCUT2D eigenvalue weighted by atomic mass is 16.3. The number of fused-ring (bicyclic) bond motifs is 1. The zero-order chi connectivity index (χ0) is 14.6. The number of nitrogens with one attached hydrogen (secondary N) is 1. The van der Waals surface area contributed by atoms with E-state index in [9.17, 15) is 10.2 Å². The Morgan fingerprint density at radius 3 is 3.00 bits per heavy atom. The summed E-state index contributed by atoms with van der Waals surface area (Å²) in [7, 11) is 0. The summed E-state index contributed by atoms with van der Waals surface area (Å²) in [6.45, 7) is 1.64. The van der Waals surface area contributed by atoms with Crippen LogP contribution in [-0.4, -0.2) is 50.0 Å². The van der Waals surface area contributed by atoms with E-state index >= 15 is 0 Å². The molecule has 0 radical (unpaired) electrons. The van der Waals surface area contributed by atoms with Crippen molar-refractivity contribution in [2.24, 2.45) is 5.41 Å². The van der Waals surface area contributed by atoms with Crippen molar-refractivity contribution in [1.82, 2.24) is 19.9 Å². The number of nitrogens with zero attached hydrogens (tertiary/aromatic N) is 3. The highest BCUT2D eigenvalue weighted by Gasteiger charge is 2.54. The van der Waals surface area contributed by atoms with E-state index in [0.717, 1.165) is 31.3 Å². The molecule has 2 fully saturated rings. The molecular weight excluding hydrogens is 270 g/mol. The number of aliphatic hydroxyl groups is 2. The van der Waals surface area contributed by atoms with Crippen LogP contribution in [0.2, 0.25) is 0 Å². The van der Waals surface area contributed by atoms with Crippen molar-refractivity contribution >= 4 is 16.9 Å². The number of nitrogens with two attached hydrogens (primary N) is 1. The average molecular weight is 289 g/mol. The molecule has 0 aromatic carbocycles. The number of hydrogen-bond acceptors (Lipinski definition) is 6. The fraction of sp³-hybridized carbons (Fsp3) is 0.571. The first kappa shape index (κ1) is 13.0. The largest absolute Gasteiger partial charge is 0.390 e. The van der Waals surface area contributed by atoms with Crippen LogP contribution in [0.25, 0.3) is 11.0 Å². The van der Waals surface area contributed by atoms with Gasteiger partial charge < -0.3 is 25.8 Å². The van der Waals surface area contributed by atoms with Crippen molar-refractivity contribution in [3.8, 4) is 0 Å². The summed E-state index contributed by atoms with van der Waals surface area (Å²) in [5.41, 5.74) is 6.33. The van der Waals surface area contributed by atoms with Gasteiger partial charge in [0.05, 0.1) is 17.5 Å². The molecule has 1 spiro atoms. The molecule has 7 nitrogen and oxygen atoms in total. The van der Waals surface area contributed by atoms with Gasteiger partial charge in [-0.2, -0.15) is 0 Å². The molecule has 2 aromatic heterocycles. The molecule has 0 unspecified atom stereocenters. The van der Waals surface area contributed by atoms with Gasteiger partial charge in [-0.3, -0.25) is 0 Å². The Hall–Kier alpha value is -1.70. The molecule has 112 valence electrons. The number of aromatic nitrogens is 3. The third kappa shape index (κ3) is 1.71. The quantitative estimate of drug-likeness (QED) is 0.572. The molecule has 0 amide bonds. The summed E-state index contributed by atoms with van der Waals surface area (Å²) in [4.78, 5) is 8.27. The first-order chi connectivity index (χ1) is 10.1. The molecule has 5 N–H and O–H groups in total. The SMILES string of the molecule is Nc1ncnc2c1ccn2[C@@H]1C[C@]2(CCNC2)[C@@H](O)[C@H]1O. The van der Waals surface area contributed by atoms with Crippen LogP contribution in [0, 0.1) is 5.41 Å². The molecule has 2 aromatic rings. The summed E-state index contributed by atoms with van der Waals surface area (Å²) >= 11 is 0. The number of rotatable bonds is 1. The zero-order valence-electron chi connectivity index (χ0n) is 11.6. The van der Waals surface area contributed by atoms with Crippen LogP contribution < -0.4 is 11.1 Å². The minimum atomic E-state index is -0.795. The van der Waals surface area contributed by atoms with Crippen LogP contribution >= 0.6 is 0 Å². The van der Waals surface area contributed by atoms with Gasteiger partial charge in [-0.15, -0.1) is 0 Å². The lowest BCUT2D eigenvalue weighted by Gasteiger charge is -2.26. The van der Waals surface area contributed by atoms with Crippen molar-refractivity contribution in [2.45, 2.75) is 31.1 Å². The van der Waals surface area contributed by atoms with E-state index in [2.05, 4.69) is 15.3 Å². The smallest absolute Gasteiger partial charge is 0.145 e. The first-order valence-corrected chi connectivity index (χ1v) is 7.26. The number of nitrogen functional groups attached to an aromatic ring is 1. The van der Waals surface area contributed by atoms with Gasteiger partial charge in [0, 0.05) is 18.2 Å². The van der Waals surface area contributed by atoms with Crippen molar-refractivity contribution in [3.63, 3.8) is 0 Å². The Bertz CT molecular complexity index is 679. The van der Waals surface area contributed by atoms with E-state index in [1.54, 1.807) is 0 Å². The van der Waals surface area contributed by atoms with Gasteiger partial charge >= 0.3 is 0 Å². The second-order valence-electron chi connectivity index (χ2n) is 6.22. The van der Waals surface area contributed by atoms with Gasteiger partial charge in [-0.1, -0.05) is 0 Å². The van der Waals surface area contributed by atoms with Gasteiger partial charge in [0.15, 0.2) is 0 Å². The van der Waals surface area contributed by atoms with Crippen LogP contribution in [0.15, 0.2) is 18.6 Å². The van der Waals surface area contributed by atoms with Gasteiger partial charge in [-0.05, 0) is 25.5 Å². The third-order valence-electron chi connectivity index (χ3n) is 5.13. The molecule has 1 aliphatic heterocycles. The molecule has 4 atom stereocenters. The third-order valence-corrected chi connectivity index (χ3v) is 5.13. The lowest BCUT2D eigenvalue weighted by atomic mass is 9.83. The van der Waals surface area contributed by atoms with Crippen LogP contribution in [0.3, 0.4) is 0 Å². The second kappa shape index (κ2) is 4.40. The van der Waals surface area contributed by atoms with E-state index in [-0.39, 0.29) is 11.5 Å². The fourth-order valence-electron chi connectivity index (χ4n) is 3.94. The highest BCUT2D eigenvalue weighted by molar-refractivity contribution is 5.86. The second-order valence-corrected chi connectivity index (χ2v) is 6.22. The van der Waals surface area contributed by atoms with Gasteiger partial charge in [0.1, 0.15) is 23.9 Å². The summed E-state index contributed by atoms with van der Waals surface area (Å²) in [5, 5.41) is 25.1. The molecule has 2 aliphatic rings. The predicted molar refractivity (Wildman–Crippen MR) is 77.5 cm³/mol. The van der Waals surface area contributed by atoms with E-state index < -0.39 is 12.2 Å². The Labute approximate surface area is 121 Å². The maximum atomic E-state index is 10.5. The Morgan fingerprint density at radius 2 is 2.24 bits per heavy atom. The van der Waals surface area contributed by atoms with Crippen LogP contribution in [0.5, 0.6) is 0 Å². The highest BCUT2D eigenvalue weighted by Crippen LogP contribution is 2.48. The van der Waals surface area contributed by atoms with Crippen molar-refractivity contribution < 1.29 is 10.2 Å². The number of aliphatic hydroxyl groups excluding tert-OH is 2. The van der Waals surface area contributed by atoms with Gasteiger partial charge in [0.25, 0.3) is 0 Å². The molecule has 1 aliphatic carbocycles. The summed E-state index contributed by atoms with van der Waals surface area (Å²) in [6.07, 6.45) is 3.41. The van der Waals surface area contributed by atoms with E-state index in [1.165, 1.54) is 6.33 Å². The van der Waals surface area contributed by atoms with Crippen LogP contribution in [-0.2, 0) is 0 Å². The van der Waals surface area contributed by atoms with E-state index in [4.69, 9.17) is 5.73 Å². The Balaban J connectivity index is 1.77. The minimum Gasteiger partial charge on any atom is -0.390 e. The van der Waals surface area contributed by atoms with Crippen LogP contribution in [0.4, 0.5) is 5.82 Å². The lowest BCUT2D eigenvalue weighted by molar-refractivity contribution is -0.0210. The Morgan fingerprint density at radius 1 is 1.38 bits per heavy atom. The average Bonchev–Trinajstić information content (AvgIpc) is 3.16. The zero-order valence-corrected chi connectivity index (χ0v) is 11.6. The minimum absolute atomic E-state index is 0.188. The maximum Gasteiger partial charge on any atom is 0.145 e. The first-order valence-electron chi connectivity index (χ1n) is 7.26. The van der Waals surface area contributed by atoms with Crippen LogP contribution in [0.1, 0.15) is 18.9 Å².